The average Bonchev–Trinajstić information content (AvgIpc) is 3.34. The third kappa shape index (κ3) is 8.40. The number of carbonyl (C=O) groups excluding carboxylic acids is 1. The Hall–Kier alpha value is -4.18. The van der Waals surface area contributed by atoms with Gasteiger partial charge in [-0.15, -0.1) is 0 Å². The number of ether oxygens (including phenoxy) is 1. The monoisotopic (exact) mass is 568 g/mol. The lowest BCUT2D eigenvalue weighted by Gasteiger charge is -2.19. The summed E-state index contributed by atoms with van der Waals surface area (Å²) < 4.78 is 61.8. The van der Waals surface area contributed by atoms with Crippen molar-refractivity contribution >= 4 is 28.0 Å². The van der Waals surface area contributed by atoms with Crippen LogP contribution in [-0.4, -0.2) is 48.8 Å². The lowest BCUT2D eigenvalue weighted by atomic mass is 9.88. The molecule has 2 heterocycles. The summed E-state index contributed by atoms with van der Waals surface area (Å²) in [4.78, 5) is 18.4. The molecule has 3 N–H and O–H groups in total. The van der Waals surface area contributed by atoms with Crippen LogP contribution in [0, 0.1) is 5.82 Å². The van der Waals surface area contributed by atoms with Gasteiger partial charge in [-0.2, -0.15) is 13.2 Å². The summed E-state index contributed by atoms with van der Waals surface area (Å²) in [5.74, 6) is -0.133. The lowest BCUT2D eigenvalue weighted by molar-refractivity contribution is -0.123. The highest BCUT2D eigenvalue weighted by Gasteiger charge is 2.31. The van der Waals surface area contributed by atoms with Crippen LogP contribution in [0.1, 0.15) is 42.4 Å². The molecule has 0 aliphatic heterocycles. The predicted octanol–water partition coefficient (Wildman–Crippen LogP) is 6.50. The number of aromatic amines is 1. The fourth-order valence-electron chi connectivity index (χ4n) is 4.56. The van der Waals surface area contributed by atoms with Gasteiger partial charge >= 0.3 is 6.18 Å². The second kappa shape index (κ2) is 13.9. The van der Waals surface area contributed by atoms with Gasteiger partial charge in [0.05, 0.1) is 6.42 Å². The van der Waals surface area contributed by atoms with Crippen molar-refractivity contribution in [3.05, 3.63) is 95.6 Å². The molecule has 0 saturated carbocycles. The molecule has 0 aliphatic rings. The summed E-state index contributed by atoms with van der Waals surface area (Å²) in [6.07, 6.45) is -0.818. The predicted molar refractivity (Wildman–Crippen MR) is 152 cm³/mol. The first-order chi connectivity index (χ1) is 19.7. The van der Waals surface area contributed by atoms with Crippen molar-refractivity contribution in [2.75, 3.05) is 26.7 Å². The van der Waals surface area contributed by atoms with E-state index in [0.29, 0.717) is 53.2 Å². The number of amides is 1. The summed E-state index contributed by atoms with van der Waals surface area (Å²) >= 11 is 0. The Balaban J connectivity index is 1.57. The summed E-state index contributed by atoms with van der Waals surface area (Å²) in [6, 6.07) is 16.5. The number of H-pyrrole nitrogens is 1. The average molecular weight is 569 g/mol. The molecule has 2 aromatic heterocycles. The first-order valence-corrected chi connectivity index (χ1v) is 13.4. The van der Waals surface area contributed by atoms with E-state index in [1.54, 1.807) is 67.7 Å². The maximum absolute atomic E-state index is 14.4. The van der Waals surface area contributed by atoms with Gasteiger partial charge in [-0.25, -0.2) is 9.37 Å². The molecule has 0 bridgehead atoms. The summed E-state index contributed by atoms with van der Waals surface area (Å²) in [5, 5.41) is 6.12. The van der Waals surface area contributed by atoms with Crippen LogP contribution in [0.3, 0.4) is 0 Å². The van der Waals surface area contributed by atoms with E-state index in [0.717, 1.165) is 19.4 Å². The van der Waals surface area contributed by atoms with Crippen LogP contribution in [-0.2, 0) is 4.79 Å². The molecule has 0 fully saturated rings. The van der Waals surface area contributed by atoms with E-state index in [1.807, 2.05) is 0 Å². The number of halogens is 4. The normalized spacial score (nSPS) is 12.3. The smallest absolute Gasteiger partial charge is 0.393 e. The Morgan fingerprint density at radius 2 is 1.76 bits per heavy atom. The Morgan fingerprint density at radius 3 is 2.46 bits per heavy atom. The molecule has 0 radical (unpaired) electrons. The number of alkyl halides is 3. The number of hydrogen-bond acceptors (Lipinski definition) is 4. The van der Waals surface area contributed by atoms with Crippen molar-refractivity contribution in [3.8, 4) is 5.88 Å². The Bertz CT molecular complexity index is 1470. The Kier molecular flexibility index (Phi) is 10.1. The van der Waals surface area contributed by atoms with Crippen LogP contribution in [0.2, 0.25) is 0 Å². The van der Waals surface area contributed by atoms with Gasteiger partial charge in [-0.1, -0.05) is 36.4 Å². The van der Waals surface area contributed by atoms with Crippen molar-refractivity contribution in [3.63, 3.8) is 0 Å². The first-order valence-electron chi connectivity index (χ1n) is 13.4. The highest BCUT2D eigenvalue weighted by atomic mass is 19.4. The van der Waals surface area contributed by atoms with E-state index in [-0.39, 0.29) is 16.9 Å². The number of benzene rings is 2. The third-order valence-electron chi connectivity index (χ3n) is 6.56. The largest absolute Gasteiger partial charge is 0.476 e. The SMILES string of the molecule is CNC(=O)CCCCNCCOc1ccc(C(=C(CC(F)(F)F)c2ccccc2)c2ccc3[nH]cc(F)c3c2)cn1. The van der Waals surface area contributed by atoms with Gasteiger partial charge in [-0.3, -0.25) is 4.79 Å². The fourth-order valence-corrected chi connectivity index (χ4v) is 4.56. The van der Waals surface area contributed by atoms with Crippen LogP contribution >= 0.6 is 0 Å². The third-order valence-corrected chi connectivity index (χ3v) is 6.56. The van der Waals surface area contributed by atoms with Crippen LogP contribution in [0.5, 0.6) is 5.88 Å². The van der Waals surface area contributed by atoms with Gasteiger partial charge in [0.25, 0.3) is 0 Å². The van der Waals surface area contributed by atoms with Crippen molar-refractivity contribution in [1.29, 1.82) is 0 Å². The minimum Gasteiger partial charge on any atom is -0.476 e. The molecule has 0 unspecified atom stereocenters. The molecule has 10 heteroatoms. The van der Waals surface area contributed by atoms with Gasteiger partial charge in [0.15, 0.2) is 0 Å². The highest BCUT2D eigenvalue weighted by Crippen LogP contribution is 2.40. The summed E-state index contributed by atoms with van der Waals surface area (Å²) in [5.41, 5.74) is 2.22. The first kappa shape index (κ1) is 29.8. The maximum Gasteiger partial charge on any atom is 0.393 e. The van der Waals surface area contributed by atoms with Gasteiger partial charge in [0.1, 0.15) is 12.4 Å². The van der Waals surface area contributed by atoms with E-state index in [9.17, 15) is 22.4 Å². The van der Waals surface area contributed by atoms with E-state index < -0.39 is 18.4 Å². The Labute approximate surface area is 235 Å². The fraction of sp³-hybridized carbons (Fsp3) is 0.290. The maximum atomic E-state index is 14.4. The molecule has 1 amide bonds. The molecule has 0 atom stereocenters. The van der Waals surface area contributed by atoms with E-state index in [1.165, 1.54) is 12.4 Å². The molecule has 0 aliphatic carbocycles. The number of rotatable bonds is 13. The number of pyridine rings is 1. The van der Waals surface area contributed by atoms with Gasteiger partial charge < -0.3 is 20.4 Å². The topological polar surface area (TPSA) is 79.0 Å². The number of carbonyl (C=O) groups is 1. The minimum absolute atomic E-state index is 0.0207. The van der Waals surface area contributed by atoms with Gasteiger partial charge in [0.2, 0.25) is 11.8 Å². The van der Waals surface area contributed by atoms with Crippen molar-refractivity contribution in [1.82, 2.24) is 20.6 Å². The van der Waals surface area contributed by atoms with E-state index in [4.69, 9.17) is 4.74 Å². The second-order valence-electron chi connectivity index (χ2n) is 9.52. The zero-order chi connectivity index (χ0) is 29.2. The van der Waals surface area contributed by atoms with Crippen molar-refractivity contribution in [2.24, 2.45) is 0 Å². The zero-order valence-electron chi connectivity index (χ0n) is 22.7. The molecular formula is C31H32F4N4O2. The summed E-state index contributed by atoms with van der Waals surface area (Å²) in [7, 11) is 1.61. The number of unbranched alkanes of at least 4 members (excludes halogenated alkanes) is 1. The standard InChI is InChI=1S/C31H32F4N4O2/c1-36-28(40)9-5-6-14-37-15-16-41-29-13-11-23(19-39-29)30(22-10-12-27-24(17-22)26(32)20-38-27)25(18-31(33,34)35)21-7-3-2-4-8-21/h2-4,7-8,10-13,17,19-20,37-38H,5-6,9,14-16,18H2,1H3,(H,36,40). The summed E-state index contributed by atoms with van der Waals surface area (Å²) in [6.45, 7) is 1.66. The molecule has 6 nitrogen and oxygen atoms in total. The van der Waals surface area contributed by atoms with Crippen LogP contribution in [0.25, 0.3) is 22.0 Å². The number of nitrogens with one attached hydrogen (secondary N) is 3. The molecule has 2 aromatic carbocycles. The molecule has 216 valence electrons. The van der Waals surface area contributed by atoms with Gasteiger partial charge in [0, 0.05) is 54.9 Å². The van der Waals surface area contributed by atoms with Crippen molar-refractivity contribution in [2.45, 2.75) is 31.9 Å². The minimum atomic E-state index is -4.48. The number of aromatic nitrogens is 2. The highest BCUT2D eigenvalue weighted by molar-refractivity contribution is 6.00. The molecule has 4 rings (SSSR count). The van der Waals surface area contributed by atoms with E-state index >= 15 is 0 Å². The van der Waals surface area contributed by atoms with Crippen LogP contribution < -0.4 is 15.4 Å². The van der Waals surface area contributed by atoms with Crippen molar-refractivity contribution < 1.29 is 27.1 Å². The van der Waals surface area contributed by atoms with Crippen LogP contribution in [0.4, 0.5) is 17.6 Å². The lowest BCUT2D eigenvalue weighted by Crippen LogP contribution is -2.23. The molecular weight excluding hydrogens is 536 g/mol. The molecule has 4 aromatic rings. The van der Waals surface area contributed by atoms with Crippen LogP contribution in [0.15, 0.2) is 73.1 Å². The van der Waals surface area contributed by atoms with Gasteiger partial charge in [-0.05, 0) is 59.9 Å². The molecule has 41 heavy (non-hydrogen) atoms. The molecule has 0 spiro atoms. The number of nitrogens with zero attached hydrogens (tertiary/aromatic N) is 1. The second-order valence-corrected chi connectivity index (χ2v) is 9.52. The number of fused-ring (bicyclic) bond motifs is 1. The zero-order valence-corrected chi connectivity index (χ0v) is 22.7. The Morgan fingerprint density at radius 1 is 0.976 bits per heavy atom. The molecule has 0 saturated heterocycles. The quantitative estimate of drug-likeness (QED) is 0.0978. The van der Waals surface area contributed by atoms with E-state index in [2.05, 4.69) is 20.6 Å². The number of allylic oxidation sites excluding steroid dienone is 1. The number of hydrogen-bond donors (Lipinski definition) is 3.